The molecule has 0 aliphatic heterocycles. The fourth-order valence-electron chi connectivity index (χ4n) is 6.19. The van der Waals surface area contributed by atoms with Crippen LogP contribution in [0.2, 0.25) is 13.1 Å². The minimum Gasteiger partial charge on any atom is -1.00 e. The van der Waals surface area contributed by atoms with E-state index in [9.17, 15) is 0 Å². The van der Waals surface area contributed by atoms with Crippen LogP contribution in [0.4, 0.5) is 0 Å². The van der Waals surface area contributed by atoms with Crippen LogP contribution in [0.3, 0.4) is 0 Å². The van der Waals surface area contributed by atoms with Crippen molar-refractivity contribution in [1.82, 2.24) is 0 Å². The van der Waals surface area contributed by atoms with Gasteiger partial charge < -0.3 is 24.8 Å². The molecule has 49 heavy (non-hydrogen) atoms. The molecule has 0 bridgehead atoms. The summed E-state index contributed by atoms with van der Waals surface area (Å²) in [5, 5.41) is 8.05. The van der Waals surface area contributed by atoms with Crippen LogP contribution in [-0.4, -0.2) is 5.43 Å². The van der Waals surface area contributed by atoms with E-state index in [1.54, 1.807) is 23.3 Å². The van der Waals surface area contributed by atoms with Crippen LogP contribution in [0, 0.1) is 13.8 Å². The van der Waals surface area contributed by atoms with E-state index in [0.29, 0.717) is 5.92 Å². The summed E-state index contributed by atoms with van der Waals surface area (Å²) >= 11 is 1.74. The number of hydrogen-bond donors (Lipinski definition) is 0. The third kappa shape index (κ3) is 9.95. The first kappa shape index (κ1) is 40.7. The number of fused-ring (bicyclic) bond motifs is 3. The molecule has 0 unspecified atom stereocenters. The molecule has 0 N–H and O–H groups in total. The van der Waals surface area contributed by atoms with E-state index in [1.165, 1.54) is 76.8 Å². The summed E-state index contributed by atoms with van der Waals surface area (Å²) in [6, 6.07) is 44.7. The van der Waals surface area contributed by atoms with Crippen LogP contribution in [-0.2, 0) is 28.8 Å². The smallest absolute Gasteiger partial charge is 0.0178 e. The van der Waals surface area contributed by atoms with Gasteiger partial charge in [0.2, 0.25) is 0 Å². The van der Waals surface area contributed by atoms with Gasteiger partial charge in [0.25, 0.3) is 0 Å². The Morgan fingerprint density at radius 1 is 0.633 bits per heavy atom. The van der Waals surface area contributed by atoms with Crippen molar-refractivity contribution in [1.29, 1.82) is 0 Å². The van der Waals surface area contributed by atoms with Crippen LogP contribution < -0.4 is 24.8 Å². The van der Waals surface area contributed by atoms with E-state index in [1.807, 2.05) is 0 Å². The first-order valence-corrected chi connectivity index (χ1v) is 23.0. The Labute approximate surface area is 322 Å². The molecule has 7 rings (SSSR count). The number of hydrogen-bond acceptors (Lipinski definition) is 0. The maximum absolute atomic E-state index is 2.35. The first-order valence-electron chi connectivity index (χ1n) is 16.8. The molecule has 7 aromatic rings. The Morgan fingerprint density at radius 3 is 1.88 bits per heavy atom. The molecule has 0 saturated heterocycles. The van der Waals surface area contributed by atoms with Crippen LogP contribution in [0.5, 0.6) is 0 Å². The van der Waals surface area contributed by atoms with E-state index in [2.05, 4.69) is 183 Å². The second-order valence-electron chi connectivity index (χ2n) is 14.4. The van der Waals surface area contributed by atoms with Crippen molar-refractivity contribution in [3.05, 3.63) is 144 Å². The van der Waals surface area contributed by atoms with Gasteiger partial charge in [0.15, 0.2) is 0 Å². The number of rotatable bonds is 3. The SMILES string of the molecule is CC(C)c1cc2c(-c3ccc(C(C)(C)C)cc3)cccc2[cH-]1.C[Si](C)=[Zr+2].Cc1cc2c(-c3ccc4ccccc4c3)ccc(C)c2[cH-]1.[Cl-].[Cl-]. The summed E-state index contributed by atoms with van der Waals surface area (Å²) in [6.45, 7) is 20.3. The molecule has 252 valence electrons. The van der Waals surface area contributed by atoms with Crippen LogP contribution in [0.25, 0.3) is 54.6 Å². The van der Waals surface area contributed by atoms with Crippen molar-refractivity contribution in [3.8, 4) is 22.3 Å². The fraction of sp³-hybridized carbons (Fsp3) is 0.244. The van der Waals surface area contributed by atoms with Crippen molar-refractivity contribution >= 4 is 37.8 Å². The zero-order chi connectivity index (χ0) is 33.9. The minimum atomic E-state index is 0. The number of aryl methyl sites for hydroxylation is 2. The normalized spacial score (nSPS) is 10.9. The van der Waals surface area contributed by atoms with Gasteiger partial charge in [-0.15, -0.1) is 68.6 Å². The molecule has 0 spiro atoms. The first-order chi connectivity index (χ1) is 22.3. The molecule has 0 amide bonds. The predicted octanol–water partition coefficient (Wildman–Crippen LogP) is 7.43. The van der Waals surface area contributed by atoms with Gasteiger partial charge in [-0.25, -0.2) is 0 Å². The molecule has 7 aromatic carbocycles. The molecular weight excluding hydrogens is 731 g/mol. The third-order valence-electron chi connectivity index (χ3n) is 8.81. The molecule has 0 aliphatic carbocycles. The van der Waals surface area contributed by atoms with Gasteiger partial charge in [-0.1, -0.05) is 132 Å². The van der Waals surface area contributed by atoms with E-state index < -0.39 is 0 Å². The van der Waals surface area contributed by atoms with Gasteiger partial charge in [-0.3, -0.25) is 0 Å². The summed E-state index contributed by atoms with van der Waals surface area (Å²) in [5.74, 6) is 0.573. The largest absolute Gasteiger partial charge is 1.00 e. The van der Waals surface area contributed by atoms with Crippen molar-refractivity contribution < 1.29 is 48.1 Å². The molecule has 0 aromatic heterocycles. The van der Waals surface area contributed by atoms with E-state index in [0.717, 1.165) is 0 Å². The topological polar surface area (TPSA) is 0 Å². The zero-order valence-electron chi connectivity index (χ0n) is 30.4. The van der Waals surface area contributed by atoms with Gasteiger partial charge in [0, 0.05) is 0 Å². The number of benzene rings is 5. The van der Waals surface area contributed by atoms with Gasteiger partial charge in [-0.05, 0) is 44.9 Å². The minimum absolute atomic E-state index is 0. The van der Waals surface area contributed by atoms with E-state index >= 15 is 0 Å². The van der Waals surface area contributed by atoms with Crippen molar-refractivity contribution in [2.45, 2.75) is 72.9 Å². The van der Waals surface area contributed by atoms with Crippen LogP contribution in [0.15, 0.2) is 121 Å². The second kappa shape index (κ2) is 17.5. The average Bonchev–Trinajstić information content (AvgIpc) is 3.65. The van der Waals surface area contributed by atoms with Gasteiger partial charge in [0.1, 0.15) is 0 Å². The Balaban J connectivity index is 0.000000231. The Morgan fingerprint density at radius 2 is 1.24 bits per heavy atom. The molecule has 4 heteroatoms. The maximum Gasteiger partial charge on any atom is -0.0178 e. The van der Waals surface area contributed by atoms with Crippen molar-refractivity contribution in [3.63, 3.8) is 0 Å². The van der Waals surface area contributed by atoms with Crippen molar-refractivity contribution in [2.24, 2.45) is 0 Å². The van der Waals surface area contributed by atoms with E-state index in [-0.39, 0.29) is 35.7 Å². The molecule has 0 heterocycles. The molecule has 0 saturated carbocycles. The van der Waals surface area contributed by atoms with Gasteiger partial charge >= 0.3 is 41.9 Å². The summed E-state index contributed by atoms with van der Waals surface area (Å²) < 4.78 is 0. The summed E-state index contributed by atoms with van der Waals surface area (Å²) in [5.41, 5.74) is 11.2. The predicted molar refractivity (Wildman–Crippen MR) is 207 cm³/mol. The maximum atomic E-state index is 2.35. The van der Waals surface area contributed by atoms with Crippen LogP contribution >= 0.6 is 0 Å². The standard InChI is InChI=1S/C22H25.C21H17.C2H6Si.2ClH.Zr/c1-15(2)18-13-17-7-6-8-20(21(17)14-18)16-9-11-19(12-10-16)22(3,4)5;1-14-11-20-15(2)7-10-19(21(20)12-14)18-9-8-16-5-3-4-6-17(16)13-18;1-3-2;;;/h6-15H,1-5H3;3-13H,1-2H3;1-2H3;2*1H;/q2*-1;;;;+2/p-2. The number of halogens is 2. The molecule has 0 radical (unpaired) electrons. The monoisotopic (exact) mass is 776 g/mol. The third-order valence-corrected chi connectivity index (χ3v) is 8.81. The van der Waals surface area contributed by atoms with Gasteiger partial charge in [-0.2, -0.15) is 12.1 Å². The molecule has 0 fully saturated rings. The van der Waals surface area contributed by atoms with Gasteiger partial charge in [0.05, 0.1) is 0 Å². The molecule has 0 aliphatic rings. The molecule has 0 atom stereocenters. The Kier molecular flexibility index (Phi) is 14.5. The molecular formula is C45H48Cl2SiZr-2. The second-order valence-corrected chi connectivity index (χ2v) is 23.8. The van der Waals surface area contributed by atoms with Crippen molar-refractivity contribution in [2.75, 3.05) is 0 Å². The average molecular weight is 779 g/mol. The van der Waals surface area contributed by atoms with Crippen LogP contribution in [0.1, 0.15) is 62.8 Å². The zero-order valence-corrected chi connectivity index (χ0v) is 35.4. The summed E-state index contributed by atoms with van der Waals surface area (Å²) in [6.07, 6.45) is 0. The Bertz CT molecular complexity index is 2150. The fourth-order valence-corrected chi connectivity index (χ4v) is 6.19. The quantitative estimate of drug-likeness (QED) is 0.129. The van der Waals surface area contributed by atoms with E-state index in [4.69, 9.17) is 0 Å². The Hall–Kier alpha value is -2.74. The summed E-state index contributed by atoms with van der Waals surface area (Å²) in [4.78, 5) is 0. The molecule has 0 nitrogen and oxygen atoms in total. The summed E-state index contributed by atoms with van der Waals surface area (Å²) in [7, 11) is 0.